The molecule has 1 atom stereocenters. The number of carbonyl (C=O) groups excluding carboxylic acids is 1. The zero-order chi connectivity index (χ0) is 17.4. The molecule has 0 unspecified atom stereocenters. The zero-order valence-electron chi connectivity index (χ0n) is 13.4. The lowest BCUT2D eigenvalue weighted by Crippen LogP contribution is -2.57. The number of carbonyl (C=O) groups is 1. The van der Waals surface area contributed by atoms with Gasteiger partial charge in [-0.05, 0) is 50.0 Å². The molecule has 0 radical (unpaired) electrons. The van der Waals surface area contributed by atoms with E-state index in [1.54, 1.807) is 18.2 Å². The lowest BCUT2D eigenvalue weighted by atomic mass is 9.84. The lowest BCUT2D eigenvalue weighted by Gasteiger charge is -2.44. The number of fused-ring (bicyclic) bond motifs is 3. The van der Waals surface area contributed by atoms with E-state index in [2.05, 4.69) is 15.2 Å². The SMILES string of the molecule is O=C(N[C@H]1CN2CCC1CC2)c1ncc(Oc2cc(Cl)cc(Cl)c2)o1. The molecular weight excluding hydrogens is 365 g/mol. The van der Waals surface area contributed by atoms with Crippen LogP contribution in [-0.4, -0.2) is 41.5 Å². The van der Waals surface area contributed by atoms with Crippen molar-refractivity contribution in [3.63, 3.8) is 0 Å². The maximum absolute atomic E-state index is 12.4. The highest BCUT2D eigenvalue weighted by molar-refractivity contribution is 6.34. The fraction of sp³-hybridized carbons (Fsp3) is 0.412. The van der Waals surface area contributed by atoms with Crippen LogP contribution >= 0.6 is 23.2 Å². The van der Waals surface area contributed by atoms with Gasteiger partial charge in [0.1, 0.15) is 11.9 Å². The molecule has 3 saturated heterocycles. The molecule has 1 aromatic heterocycles. The molecule has 4 heterocycles. The number of nitrogens with zero attached hydrogens (tertiary/aromatic N) is 2. The Morgan fingerprint density at radius 3 is 2.60 bits per heavy atom. The van der Waals surface area contributed by atoms with Crippen LogP contribution in [0.15, 0.2) is 28.8 Å². The van der Waals surface area contributed by atoms with Crippen LogP contribution in [0.2, 0.25) is 10.0 Å². The van der Waals surface area contributed by atoms with Crippen LogP contribution < -0.4 is 10.1 Å². The fourth-order valence-corrected chi connectivity index (χ4v) is 3.98. The molecule has 5 rings (SSSR count). The fourth-order valence-electron chi connectivity index (χ4n) is 3.47. The summed E-state index contributed by atoms with van der Waals surface area (Å²) in [5.41, 5.74) is 0. The number of oxazole rings is 1. The molecule has 1 aromatic carbocycles. The van der Waals surface area contributed by atoms with Crippen molar-refractivity contribution in [1.29, 1.82) is 0 Å². The van der Waals surface area contributed by atoms with Crippen molar-refractivity contribution in [3.8, 4) is 11.7 Å². The third kappa shape index (κ3) is 3.76. The highest BCUT2D eigenvalue weighted by atomic mass is 35.5. The Hall–Kier alpha value is -1.76. The Morgan fingerprint density at radius 2 is 1.96 bits per heavy atom. The van der Waals surface area contributed by atoms with Crippen LogP contribution in [-0.2, 0) is 0 Å². The number of hydrogen-bond donors (Lipinski definition) is 1. The van der Waals surface area contributed by atoms with E-state index in [0.29, 0.717) is 21.7 Å². The molecule has 6 nitrogen and oxygen atoms in total. The highest BCUT2D eigenvalue weighted by Crippen LogP contribution is 2.30. The molecule has 1 N–H and O–H groups in total. The van der Waals surface area contributed by atoms with Gasteiger partial charge in [0.05, 0.1) is 0 Å². The standard InChI is InChI=1S/C17H17Cl2N3O3/c18-11-5-12(19)7-13(6-11)24-15-8-20-17(25-15)16(23)21-14-9-22-3-1-10(14)2-4-22/h5-8,10,14H,1-4,9H2,(H,21,23)/t14-/m0/s1. The van der Waals surface area contributed by atoms with E-state index in [0.717, 1.165) is 32.5 Å². The quantitative estimate of drug-likeness (QED) is 0.875. The van der Waals surface area contributed by atoms with Crippen LogP contribution in [0, 0.1) is 5.92 Å². The van der Waals surface area contributed by atoms with Crippen LogP contribution in [0.25, 0.3) is 0 Å². The minimum atomic E-state index is -0.322. The number of halogens is 2. The first kappa shape index (κ1) is 16.7. The Bertz CT molecular complexity index is 767. The summed E-state index contributed by atoms with van der Waals surface area (Å²) < 4.78 is 10.9. The molecule has 3 fully saturated rings. The molecule has 3 aliphatic heterocycles. The number of benzene rings is 1. The summed E-state index contributed by atoms with van der Waals surface area (Å²) in [7, 11) is 0. The highest BCUT2D eigenvalue weighted by Gasteiger charge is 2.35. The van der Waals surface area contributed by atoms with E-state index in [9.17, 15) is 4.79 Å². The number of piperidine rings is 3. The molecule has 0 saturated carbocycles. The first-order valence-electron chi connectivity index (χ1n) is 8.20. The molecule has 0 aliphatic carbocycles. The van der Waals surface area contributed by atoms with Gasteiger partial charge in [0.15, 0.2) is 0 Å². The average Bonchev–Trinajstić information content (AvgIpc) is 3.03. The molecule has 132 valence electrons. The van der Waals surface area contributed by atoms with Gasteiger partial charge in [-0.2, -0.15) is 0 Å². The summed E-state index contributed by atoms with van der Waals surface area (Å²) in [6.07, 6.45) is 3.61. The predicted octanol–water partition coefficient (Wildman–Crippen LogP) is 3.60. The van der Waals surface area contributed by atoms with Gasteiger partial charge in [-0.3, -0.25) is 4.79 Å². The summed E-state index contributed by atoms with van der Waals surface area (Å²) in [4.78, 5) is 18.8. The third-order valence-corrected chi connectivity index (χ3v) is 5.14. The number of hydrogen-bond acceptors (Lipinski definition) is 5. The third-order valence-electron chi connectivity index (χ3n) is 4.71. The van der Waals surface area contributed by atoms with Crippen molar-refractivity contribution in [1.82, 2.24) is 15.2 Å². The van der Waals surface area contributed by atoms with E-state index in [1.807, 2.05) is 0 Å². The first-order chi connectivity index (χ1) is 12.1. The second-order valence-electron chi connectivity index (χ2n) is 6.41. The number of aromatic nitrogens is 1. The molecule has 0 spiro atoms. The zero-order valence-corrected chi connectivity index (χ0v) is 14.9. The molecule has 2 aromatic rings. The molecule has 8 heteroatoms. The molecule has 25 heavy (non-hydrogen) atoms. The summed E-state index contributed by atoms with van der Waals surface area (Å²) >= 11 is 11.9. The molecular formula is C17H17Cl2N3O3. The maximum atomic E-state index is 12.4. The monoisotopic (exact) mass is 381 g/mol. The van der Waals surface area contributed by atoms with Gasteiger partial charge in [-0.25, -0.2) is 4.98 Å². The topological polar surface area (TPSA) is 67.6 Å². The minimum Gasteiger partial charge on any atom is -0.425 e. The molecule has 3 aliphatic rings. The van der Waals surface area contributed by atoms with Crippen molar-refractivity contribution < 1.29 is 13.9 Å². The molecule has 2 bridgehead atoms. The summed E-state index contributed by atoms with van der Waals surface area (Å²) in [5.74, 6) is 0.723. The summed E-state index contributed by atoms with van der Waals surface area (Å²) in [5, 5.41) is 3.92. The van der Waals surface area contributed by atoms with E-state index < -0.39 is 0 Å². The Kier molecular flexibility index (Phi) is 4.58. The van der Waals surface area contributed by atoms with Crippen molar-refractivity contribution in [2.75, 3.05) is 19.6 Å². The van der Waals surface area contributed by atoms with E-state index in [-0.39, 0.29) is 23.8 Å². The number of amides is 1. The van der Waals surface area contributed by atoms with E-state index >= 15 is 0 Å². The number of rotatable bonds is 4. The van der Waals surface area contributed by atoms with Gasteiger partial charge in [0.25, 0.3) is 5.89 Å². The van der Waals surface area contributed by atoms with Crippen molar-refractivity contribution in [2.45, 2.75) is 18.9 Å². The average molecular weight is 382 g/mol. The first-order valence-corrected chi connectivity index (χ1v) is 8.95. The second kappa shape index (κ2) is 6.86. The van der Waals surface area contributed by atoms with Crippen molar-refractivity contribution >= 4 is 29.1 Å². The minimum absolute atomic E-state index is 0.0143. The molecule has 1 amide bonds. The van der Waals surface area contributed by atoms with Gasteiger partial charge in [-0.1, -0.05) is 23.2 Å². The van der Waals surface area contributed by atoms with Crippen molar-refractivity contribution in [2.24, 2.45) is 5.92 Å². The van der Waals surface area contributed by atoms with Gasteiger partial charge in [-0.15, -0.1) is 0 Å². The largest absolute Gasteiger partial charge is 0.425 e. The van der Waals surface area contributed by atoms with Gasteiger partial charge in [0, 0.05) is 22.6 Å². The Balaban J connectivity index is 1.41. The van der Waals surface area contributed by atoms with Crippen LogP contribution in [0.1, 0.15) is 23.5 Å². The van der Waals surface area contributed by atoms with Crippen LogP contribution in [0.3, 0.4) is 0 Å². The Morgan fingerprint density at radius 1 is 1.24 bits per heavy atom. The number of ether oxygens (including phenoxy) is 1. The maximum Gasteiger partial charge on any atom is 0.311 e. The van der Waals surface area contributed by atoms with Crippen molar-refractivity contribution in [3.05, 3.63) is 40.3 Å². The normalized spacial score (nSPS) is 25.0. The summed E-state index contributed by atoms with van der Waals surface area (Å²) in [6, 6.07) is 4.95. The van der Waals surface area contributed by atoms with E-state index in [1.165, 1.54) is 6.20 Å². The van der Waals surface area contributed by atoms with Crippen LogP contribution in [0.5, 0.6) is 11.7 Å². The van der Waals surface area contributed by atoms with E-state index in [4.69, 9.17) is 32.4 Å². The van der Waals surface area contributed by atoms with Gasteiger partial charge < -0.3 is 19.4 Å². The van der Waals surface area contributed by atoms with Crippen LogP contribution in [0.4, 0.5) is 0 Å². The summed E-state index contributed by atoms with van der Waals surface area (Å²) in [6.45, 7) is 3.13. The second-order valence-corrected chi connectivity index (χ2v) is 7.28. The van der Waals surface area contributed by atoms with Gasteiger partial charge in [0.2, 0.25) is 0 Å². The Labute approximate surface area is 155 Å². The van der Waals surface area contributed by atoms with Gasteiger partial charge >= 0.3 is 11.9 Å². The lowest BCUT2D eigenvalue weighted by molar-refractivity contribution is 0.0599. The smallest absolute Gasteiger partial charge is 0.311 e. The predicted molar refractivity (Wildman–Crippen MR) is 93.5 cm³/mol. The number of nitrogens with one attached hydrogen (secondary N) is 1.